The topological polar surface area (TPSA) is 119 Å². The number of halogens is 1. The predicted octanol–water partition coefficient (Wildman–Crippen LogP) is 3.85. The van der Waals surface area contributed by atoms with Gasteiger partial charge in [0.2, 0.25) is 5.91 Å². The Morgan fingerprint density at radius 3 is 2.44 bits per heavy atom. The summed E-state index contributed by atoms with van der Waals surface area (Å²) in [5.41, 5.74) is 1.56. The number of hydrogen-bond donors (Lipinski definition) is 2. The molecule has 2 heterocycles. The van der Waals surface area contributed by atoms with Crippen LogP contribution in [0.1, 0.15) is 38.8 Å². The van der Waals surface area contributed by atoms with Crippen molar-refractivity contribution in [2.24, 2.45) is 0 Å². The average Bonchev–Trinajstić information content (AvgIpc) is 3.30. The molecule has 1 unspecified atom stereocenters. The molecule has 1 atom stereocenters. The van der Waals surface area contributed by atoms with Gasteiger partial charge in [0.25, 0.3) is 11.8 Å². The Morgan fingerprint density at radius 2 is 1.81 bits per heavy atom. The van der Waals surface area contributed by atoms with Gasteiger partial charge in [-0.1, -0.05) is 53.7 Å². The quantitative estimate of drug-likeness (QED) is 0.421. The second kappa shape index (κ2) is 8.86. The van der Waals surface area contributed by atoms with E-state index in [9.17, 15) is 19.6 Å². The van der Waals surface area contributed by atoms with E-state index >= 15 is 0 Å². The van der Waals surface area contributed by atoms with Gasteiger partial charge in [-0.15, -0.1) is 0 Å². The van der Waals surface area contributed by atoms with Crippen molar-refractivity contribution >= 4 is 46.9 Å². The van der Waals surface area contributed by atoms with Crippen molar-refractivity contribution in [3.05, 3.63) is 75.8 Å². The molecule has 1 aliphatic rings. The van der Waals surface area contributed by atoms with E-state index in [4.69, 9.17) is 11.6 Å². The molecule has 3 aromatic rings. The van der Waals surface area contributed by atoms with Gasteiger partial charge in [-0.05, 0) is 30.7 Å². The van der Waals surface area contributed by atoms with Crippen LogP contribution in [0.2, 0.25) is 5.02 Å². The number of nitrogens with one attached hydrogen (secondary N) is 2. The molecule has 0 saturated heterocycles. The molecule has 32 heavy (non-hydrogen) atoms. The van der Waals surface area contributed by atoms with E-state index in [2.05, 4.69) is 15.5 Å². The maximum atomic E-state index is 12.8. The first kappa shape index (κ1) is 21.6. The number of aromatic nitrogens is 2. The van der Waals surface area contributed by atoms with Gasteiger partial charge in [0.1, 0.15) is 28.5 Å². The first-order valence-electron chi connectivity index (χ1n) is 9.54. The number of hydrogen-bond acceptors (Lipinski definition) is 6. The molecule has 1 aliphatic heterocycles. The Bertz CT molecular complexity index is 1250. The lowest BCUT2D eigenvalue weighted by molar-refractivity contribution is -0.119. The van der Waals surface area contributed by atoms with Crippen LogP contribution in [0.25, 0.3) is 0 Å². The van der Waals surface area contributed by atoms with Gasteiger partial charge >= 0.3 is 0 Å². The largest absolute Gasteiger partial charge is 0.308 e. The number of H-pyrrole nitrogens is 1. The van der Waals surface area contributed by atoms with E-state index in [0.717, 1.165) is 10.5 Å². The van der Waals surface area contributed by atoms with Crippen LogP contribution in [-0.4, -0.2) is 38.9 Å². The number of imide groups is 1. The highest BCUT2D eigenvalue weighted by Gasteiger charge is 2.40. The average molecular weight is 466 g/mol. The molecular weight excluding hydrogens is 450 g/mol. The van der Waals surface area contributed by atoms with E-state index in [0.29, 0.717) is 15.8 Å². The monoisotopic (exact) mass is 465 g/mol. The SMILES string of the molecule is CC(C(=O)Nc1[nH]nc(SCc2ccccc2Cl)c1C#N)N1C(=O)c2ccccc2C1=O. The standard InChI is InChI=1S/C22H16ClN5O3S/c1-12(28-21(30)14-7-3-4-8-15(14)22(28)31)19(29)25-18-16(10-24)20(27-26-18)32-11-13-6-2-5-9-17(13)23/h2-9,12H,11H2,1H3,(H2,25,26,27,29). The maximum Gasteiger partial charge on any atom is 0.262 e. The Kier molecular flexibility index (Phi) is 5.99. The Hall–Kier alpha value is -3.61. The summed E-state index contributed by atoms with van der Waals surface area (Å²) in [7, 11) is 0. The highest BCUT2D eigenvalue weighted by atomic mass is 35.5. The summed E-state index contributed by atoms with van der Waals surface area (Å²) in [6.45, 7) is 1.45. The number of amides is 3. The molecule has 160 valence electrons. The van der Waals surface area contributed by atoms with Crippen LogP contribution >= 0.6 is 23.4 Å². The third-order valence-corrected chi connectivity index (χ3v) is 6.40. The van der Waals surface area contributed by atoms with Crippen molar-refractivity contribution in [3.8, 4) is 6.07 Å². The van der Waals surface area contributed by atoms with E-state index in [-0.39, 0.29) is 22.5 Å². The highest BCUT2D eigenvalue weighted by Crippen LogP contribution is 2.31. The minimum Gasteiger partial charge on any atom is -0.308 e. The van der Waals surface area contributed by atoms with Crippen LogP contribution < -0.4 is 5.32 Å². The third kappa shape index (κ3) is 3.86. The number of benzene rings is 2. The smallest absolute Gasteiger partial charge is 0.262 e. The Morgan fingerprint density at radius 1 is 1.19 bits per heavy atom. The molecule has 8 nitrogen and oxygen atoms in total. The lowest BCUT2D eigenvalue weighted by Crippen LogP contribution is -2.45. The van der Waals surface area contributed by atoms with Crippen molar-refractivity contribution in [2.75, 3.05) is 5.32 Å². The van der Waals surface area contributed by atoms with Gasteiger partial charge in [0.15, 0.2) is 0 Å². The van der Waals surface area contributed by atoms with Crippen molar-refractivity contribution in [1.82, 2.24) is 15.1 Å². The molecule has 3 amide bonds. The maximum absolute atomic E-state index is 12.8. The van der Waals surface area contributed by atoms with E-state index in [1.807, 2.05) is 24.3 Å². The molecule has 0 saturated carbocycles. The molecule has 2 N–H and O–H groups in total. The van der Waals surface area contributed by atoms with Gasteiger partial charge < -0.3 is 5.32 Å². The number of nitriles is 1. The molecule has 4 rings (SSSR count). The Labute approximate surface area is 192 Å². The summed E-state index contributed by atoms with van der Waals surface area (Å²) >= 11 is 7.46. The zero-order valence-corrected chi connectivity index (χ0v) is 18.3. The van der Waals surface area contributed by atoms with Gasteiger partial charge in [-0.25, -0.2) is 0 Å². The van der Waals surface area contributed by atoms with Crippen LogP contribution in [-0.2, 0) is 10.5 Å². The van der Waals surface area contributed by atoms with Gasteiger partial charge in [-0.3, -0.25) is 24.4 Å². The minimum absolute atomic E-state index is 0.0996. The fourth-order valence-electron chi connectivity index (χ4n) is 3.29. The van der Waals surface area contributed by atoms with E-state index in [1.54, 1.807) is 30.3 Å². The second-order valence-electron chi connectivity index (χ2n) is 6.96. The highest BCUT2D eigenvalue weighted by molar-refractivity contribution is 7.98. The van der Waals surface area contributed by atoms with Crippen LogP contribution in [0.3, 0.4) is 0 Å². The van der Waals surface area contributed by atoms with E-state index in [1.165, 1.54) is 18.7 Å². The van der Waals surface area contributed by atoms with Crippen LogP contribution in [0, 0.1) is 11.3 Å². The van der Waals surface area contributed by atoms with Crippen LogP contribution in [0.4, 0.5) is 5.82 Å². The Balaban J connectivity index is 1.48. The molecule has 2 aromatic carbocycles. The van der Waals surface area contributed by atoms with Gasteiger partial charge in [0, 0.05) is 10.8 Å². The van der Waals surface area contributed by atoms with Gasteiger partial charge in [-0.2, -0.15) is 10.4 Å². The summed E-state index contributed by atoms with van der Waals surface area (Å²) in [6.07, 6.45) is 0. The van der Waals surface area contributed by atoms with E-state index < -0.39 is 23.8 Å². The fraction of sp³-hybridized carbons (Fsp3) is 0.136. The molecular formula is C22H16ClN5O3S. The number of rotatable bonds is 6. The summed E-state index contributed by atoms with van der Waals surface area (Å²) < 4.78 is 0. The number of aromatic amines is 1. The number of carbonyl (C=O) groups is 3. The second-order valence-corrected chi connectivity index (χ2v) is 8.33. The van der Waals surface area contributed by atoms with Crippen molar-refractivity contribution in [3.63, 3.8) is 0 Å². The third-order valence-electron chi connectivity index (χ3n) is 5.01. The van der Waals surface area contributed by atoms with Crippen LogP contribution in [0.15, 0.2) is 53.6 Å². The lowest BCUT2D eigenvalue weighted by atomic mass is 10.1. The summed E-state index contributed by atoms with van der Waals surface area (Å²) in [5.74, 6) is -1.11. The van der Waals surface area contributed by atoms with Crippen molar-refractivity contribution < 1.29 is 14.4 Å². The first-order valence-corrected chi connectivity index (χ1v) is 10.9. The number of fused-ring (bicyclic) bond motifs is 1. The summed E-state index contributed by atoms with van der Waals surface area (Å²) in [5, 5.41) is 19.9. The molecule has 0 bridgehead atoms. The molecule has 1 aromatic heterocycles. The zero-order valence-electron chi connectivity index (χ0n) is 16.8. The fourth-order valence-corrected chi connectivity index (χ4v) is 4.52. The number of carbonyl (C=O) groups excluding carboxylic acids is 3. The molecule has 10 heteroatoms. The van der Waals surface area contributed by atoms with Crippen LogP contribution in [0.5, 0.6) is 0 Å². The van der Waals surface area contributed by atoms with Crippen molar-refractivity contribution in [2.45, 2.75) is 23.7 Å². The van der Waals surface area contributed by atoms with Crippen molar-refractivity contribution in [1.29, 1.82) is 5.26 Å². The number of thioether (sulfide) groups is 1. The number of anilines is 1. The number of nitrogens with zero attached hydrogens (tertiary/aromatic N) is 3. The molecule has 0 radical (unpaired) electrons. The molecule has 0 spiro atoms. The van der Waals surface area contributed by atoms with Gasteiger partial charge in [0.05, 0.1) is 11.1 Å². The lowest BCUT2D eigenvalue weighted by Gasteiger charge is -2.21. The first-order chi connectivity index (χ1) is 15.4. The predicted molar refractivity (Wildman–Crippen MR) is 119 cm³/mol. The molecule has 0 aliphatic carbocycles. The normalized spacial score (nSPS) is 13.6. The molecule has 0 fully saturated rings. The summed E-state index contributed by atoms with van der Waals surface area (Å²) in [6, 6.07) is 14.7. The summed E-state index contributed by atoms with van der Waals surface area (Å²) in [4.78, 5) is 39.0. The zero-order chi connectivity index (χ0) is 22.8. The minimum atomic E-state index is -1.09.